The number of methoxy groups -OCH3 is 2. The van der Waals surface area contributed by atoms with Crippen LogP contribution in [0.15, 0.2) is 45.6 Å². The van der Waals surface area contributed by atoms with Crippen LogP contribution in [-0.2, 0) is 11.2 Å². The monoisotopic (exact) mass is 499 g/mol. The molecule has 4 rings (SSSR count). The Bertz CT molecular complexity index is 1320. The van der Waals surface area contributed by atoms with Crippen molar-refractivity contribution in [2.24, 2.45) is 0 Å². The first kappa shape index (κ1) is 24.9. The third kappa shape index (κ3) is 5.07. The summed E-state index contributed by atoms with van der Waals surface area (Å²) in [6, 6.07) is 8.89. The molecule has 2 heterocycles. The molecule has 0 unspecified atom stereocenters. The van der Waals surface area contributed by atoms with Crippen molar-refractivity contribution in [2.45, 2.75) is 25.7 Å². The molecule has 0 spiro atoms. The molecule has 0 aliphatic carbocycles. The van der Waals surface area contributed by atoms with E-state index < -0.39 is 11.5 Å². The predicted octanol–water partition coefficient (Wildman–Crippen LogP) is 3.42. The summed E-state index contributed by atoms with van der Waals surface area (Å²) < 4.78 is 40.5. The maximum absolute atomic E-state index is 13.1. The summed E-state index contributed by atoms with van der Waals surface area (Å²) in [7, 11) is 2.87. The SMILES string of the molecule is COc1cc([C@H](CC(=O)NCCc2ccc(F)cc2)c2c(O)cc(C)oc2=O)c(OC)c2c1OCO2. The molecule has 2 aromatic carbocycles. The Morgan fingerprint density at radius 2 is 1.86 bits per heavy atom. The third-order valence-electron chi connectivity index (χ3n) is 5.87. The summed E-state index contributed by atoms with van der Waals surface area (Å²) in [5, 5.41) is 13.5. The second-order valence-electron chi connectivity index (χ2n) is 8.19. The molecular weight excluding hydrogens is 473 g/mol. The van der Waals surface area contributed by atoms with Gasteiger partial charge in [-0.2, -0.15) is 0 Å². The minimum Gasteiger partial charge on any atom is -0.507 e. The number of carbonyl (C=O) groups excluding carboxylic acids is 1. The highest BCUT2D eigenvalue weighted by Crippen LogP contribution is 2.52. The highest BCUT2D eigenvalue weighted by Gasteiger charge is 2.34. The van der Waals surface area contributed by atoms with E-state index in [9.17, 15) is 19.1 Å². The van der Waals surface area contributed by atoms with Gasteiger partial charge in [-0.05, 0) is 37.1 Å². The number of amides is 1. The fraction of sp³-hybridized carbons (Fsp3) is 0.308. The molecule has 36 heavy (non-hydrogen) atoms. The van der Waals surface area contributed by atoms with Gasteiger partial charge in [-0.1, -0.05) is 12.1 Å². The van der Waals surface area contributed by atoms with Gasteiger partial charge in [0.05, 0.1) is 19.8 Å². The largest absolute Gasteiger partial charge is 0.507 e. The summed E-state index contributed by atoms with van der Waals surface area (Å²) in [4.78, 5) is 25.9. The van der Waals surface area contributed by atoms with Gasteiger partial charge in [0.25, 0.3) is 0 Å². The number of hydrogen-bond donors (Lipinski definition) is 2. The van der Waals surface area contributed by atoms with Crippen molar-refractivity contribution in [1.29, 1.82) is 0 Å². The highest BCUT2D eigenvalue weighted by atomic mass is 19.1. The molecule has 0 saturated carbocycles. The van der Waals surface area contributed by atoms with Gasteiger partial charge >= 0.3 is 5.63 Å². The summed E-state index contributed by atoms with van der Waals surface area (Å²) in [5.41, 5.74) is 0.342. The Kier molecular flexibility index (Phi) is 7.33. The number of rotatable bonds is 9. The molecular formula is C26H26FNO8. The zero-order valence-electron chi connectivity index (χ0n) is 20.1. The topological polar surface area (TPSA) is 116 Å². The van der Waals surface area contributed by atoms with Gasteiger partial charge in [0, 0.05) is 30.5 Å². The van der Waals surface area contributed by atoms with Crippen molar-refractivity contribution in [3.63, 3.8) is 0 Å². The van der Waals surface area contributed by atoms with E-state index >= 15 is 0 Å². The number of fused-ring (bicyclic) bond motifs is 1. The predicted molar refractivity (Wildman–Crippen MR) is 127 cm³/mol. The summed E-state index contributed by atoms with van der Waals surface area (Å²) in [6.45, 7) is 1.76. The zero-order valence-corrected chi connectivity index (χ0v) is 20.1. The van der Waals surface area contributed by atoms with Crippen molar-refractivity contribution >= 4 is 5.91 Å². The molecule has 3 aromatic rings. The molecule has 9 nitrogen and oxygen atoms in total. The van der Waals surface area contributed by atoms with E-state index in [1.54, 1.807) is 18.2 Å². The second-order valence-corrected chi connectivity index (χ2v) is 8.19. The lowest BCUT2D eigenvalue weighted by Crippen LogP contribution is -2.29. The highest BCUT2D eigenvalue weighted by molar-refractivity contribution is 5.78. The lowest BCUT2D eigenvalue weighted by atomic mass is 9.87. The Labute approximate surface area is 206 Å². The number of aryl methyl sites for hydroxylation is 1. The average Bonchev–Trinajstić information content (AvgIpc) is 3.33. The molecule has 1 aliphatic rings. The number of hydrogen-bond acceptors (Lipinski definition) is 8. The van der Waals surface area contributed by atoms with Crippen LogP contribution in [0.5, 0.6) is 28.7 Å². The first-order valence-electron chi connectivity index (χ1n) is 11.2. The summed E-state index contributed by atoms with van der Waals surface area (Å²) in [5.74, 6) is -0.625. The molecule has 2 N–H and O–H groups in total. The van der Waals surface area contributed by atoms with Gasteiger partial charge in [-0.25, -0.2) is 9.18 Å². The maximum Gasteiger partial charge on any atom is 0.343 e. The molecule has 0 radical (unpaired) electrons. The Morgan fingerprint density at radius 1 is 1.14 bits per heavy atom. The van der Waals surface area contributed by atoms with E-state index in [1.807, 2.05) is 0 Å². The molecule has 190 valence electrons. The van der Waals surface area contributed by atoms with Crippen LogP contribution in [0.3, 0.4) is 0 Å². The quantitative estimate of drug-likeness (QED) is 0.460. The van der Waals surface area contributed by atoms with Crippen LogP contribution < -0.4 is 29.9 Å². The molecule has 1 atom stereocenters. The van der Waals surface area contributed by atoms with Crippen LogP contribution in [0.4, 0.5) is 4.39 Å². The van der Waals surface area contributed by atoms with Gasteiger partial charge in [0.1, 0.15) is 17.3 Å². The van der Waals surface area contributed by atoms with E-state index in [0.717, 1.165) is 5.56 Å². The first-order chi connectivity index (χ1) is 17.3. The van der Waals surface area contributed by atoms with Crippen molar-refractivity contribution < 1.29 is 37.7 Å². The Hall–Kier alpha value is -4.21. The Morgan fingerprint density at radius 3 is 2.53 bits per heavy atom. The van der Waals surface area contributed by atoms with E-state index in [4.69, 9.17) is 23.4 Å². The fourth-order valence-corrected chi connectivity index (χ4v) is 4.20. The lowest BCUT2D eigenvalue weighted by Gasteiger charge is -2.22. The number of benzene rings is 2. The minimum absolute atomic E-state index is 0.0576. The molecule has 1 aliphatic heterocycles. The van der Waals surface area contributed by atoms with Crippen molar-refractivity contribution in [2.75, 3.05) is 27.6 Å². The third-order valence-corrected chi connectivity index (χ3v) is 5.87. The summed E-state index contributed by atoms with van der Waals surface area (Å²) >= 11 is 0. The minimum atomic E-state index is -0.967. The van der Waals surface area contributed by atoms with Gasteiger partial charge in [-0.15, -0.1) is 0 Å². The molecule has 0 bridgehead atoms. The normalized spacial score (nSPS) is 12.8. The number of nitrogens with one attached hydrogen (secondary N) is 1. The van der Waals surface area contributed by atoms with Crippen LogP contribution in [0.25, 0.3) is 0 Å². The molecule has 1 amide bonds. The number of aromatic hydroxyl groups is 1. The number of halogens is 1. The standard InChI is InChI=1S/C26H26FNO8/c1-14-10-19(29)22(26(31)36-14)17(12-21(30)28-9-8-15-4-6-16(27)7-5-15)18-11-20(32-2)24-25(23(18)33-3)35-13-34-24/h4-7,10-11,17,29H,8-9,12-13H2,1-3H3,(H,28,30)/t17-/m0/s1. The smallest absolute Gasteiger partial charge is 0.343 e. The lowest BCUT2D eigenvalue weighted by molar-refractivity contribution is -0.121. The summed E-state index contributed by atoms with van der Waals surface area (Å²) in [6.07, 6.45) is 0.264. The maximum atomic E-state index is 13.1. The average molecular weight is 499 g/mol. The van der Waals surface area contributed by atoms with Crippen LogP contribution in [0, 0.1) is 12.7 Å². The molecule has 10 heteroatoms. The van der Waals surface area contributed by atoms with E-state index in [1.165, 1.54) is 39.3 Å². The van der Waals surface area contributed by atoms with Crippen LogP contribution >= 0.6 is 0 Å². The van der Waals surface area contributed by atoms with Crippen molar-refractivity contribution in [3.8, 4) is 28.7 Å². The van der Waals surface area contributed by atoms with E-state index in [2.05, 4.69) is 5.32 Å². The van der Waals surface area contributed by atoms with Crippen LogP contribution in [-0.4, -0.2) is 38.6 Å². The van der Waals surface area contributed by atoms with Crippen molar-refractivity contribution in [1.82, 2.24) is 5.32 Å². The van der Waals surface area contributed by atoms with Crippen LogP contribution in [0.2, 0.25) is 0 Å². The molecule has 1 aromatic heterocycles. The molecule has 0 fully saturated rings. The van der Waals surface area contributed by atoms with Crippen molar-refractivity contribution in [3.05, 3.63) is 75.1 Å². The number of carbonyl (C=O) groups is 1. The van der Waals surface area contributed by atoms with Gasteiger partial charge in [0.15, 0.2) is 11.5 Å². The van der Waals surface area contributed by atoms with E-state index in [0.29, 0.717) is 23.5 Å². The Balaban J connectivity index is 1.69. The zero-order chi connectivity index (χ0) is 25.8. The number of ether oxygens (including phenoxy) is 4. The molecule has 0 saturated heterocycles. The van der Waals surface area contributed by atoms with Gasteiger partial charge < -0.3 is 33.8 Å². The first-order valence-corrected chi connectivity index (χ1v) is 11.2. The van der Waals surface area contributed by atoms with E-state index in [-0.39, 0.29) is 60.1 Å². The van der Waals surface area contributed by atoms with Gasteiger partial charge in [-0.3, -0.25) is 4.79 Å². The fourth-order valence-electron chi connectivity index (χ4n) is 4.20. The second kappa shape index (κ2) is 10.6. The van der Waals surface area contributed by atoms with Crippen LogP contribution in [0.1, 0.15) is 34.8 Å². The van der Waals surface area contributed by atoms with Gasteiger partial charge in [0.2, 0.25) is 24.2 Å².